The third-order valence-corrected chi connectivity index (χ3v) is 1.80. The van der Waals surface area contributed by atoms with Gasteiger partial charge in [0, 0.05) is 28.3 Å². The van der Waals surface area contributed by atoms with Gasteiger partial charge in [0.2, 0.25) is 0 Å². The van der Waals surface area contributed by atoms with Crippen LogP contribution in [0.25, 0.3) is 11.0 Å². The predicted octanol–water partition coefficient (Wildman–Crippen LogP) is 2.19. The SMILES string of the molecule is Brc1cnc2nc[c]cc2c1. The summed E-state index contributed by atoms with van der Waals surface area (Å²) in [6.45, 7) is 0. The molecule has 0 unspecified atom stereocenters. The van der Waals surface area contributed by atoms with Crippen LogP contribution in [0.3, 0.4) is 0 Å². The summed E-state index contributed by atoms with van der Waals surface area (Å²) in [7, 11) is 0. The monoisotopic (exact) mass is 207 g/mol. The molecule has 0 fully saturated rings. The first kappa shape index (κ1) is 6.73. The molecule has 0 saturated carbocycles. The van der Waals surface area contributed by atoms with Crippen molar-refractivity contribution in [3.63, 3.8) is 0 Å². The number of halogens is 1. The van der Waals surface area contributed by atoms with Crippen LogP contribution in [0.4, 0.5) is 0 Å². The highest BCUT2D eigenvalue weighted by Crippen LogP contribution is 2.13. The molecule has 0 aromatic carbocycles. The molecule has 0 N–H and O–H groups in total. The molecule has 0 amide bonds. The van der Waals surface area contributed by atoms with Crippen molar-refractivity contribution < 1.29 is 0 Å². The van der Waals surface area contributed by atoms with Crippen LogP contribution in [-0.4, -0.2) is 9.97 Å². The average Bonchev–Trinajstić information content (AvgIpc) is 2.04. The maximum Gasteiger partial charge on any atom is 0.159 e. The topological polar surface area (TPSA) is 25.8 Å². The minimum atomic E-state index is 0.756. The number of fused-ring (bicyclic) bond motifs is 1. The fourth-order valence-electron chi connectivity index (χ4n) is 0.887. The lowest BCUT2D eigenvalue weighted by Crippen LogP contribution is -1.81. The molecule has 0 bridgehead atoms. The Balaban J connectivity index is 2.83. The van der Waals surface area contributed by atoms with Crippen molar-refractivity contribution in [3.05, 3.63) is 35.1 Å². The molecule has 2 aromatic rings. The van der Waals surface area contributed by atoms with E-state index in [0.717, 1.165) is 15.5 Å². The zero-order valence-corrected chi connectivity index (χ0v) is 7.17. The van der Waals surface area contributed by atoms with Crippen molar-refractivity contribution in [1.29, 1.82) is 0 Å². The third kappa shape index (κ3) is 1.24. The van der Waals surface area contributed by atoms with Gasteiger partial charge in [-0.15, -0.1) is 0 Å². The minimum Gasteiger partial charge on any atom is -0.236 e. The van der Waals surface area contributed by atoms with Crippen LogP contribution in [0, 0.1) is 6.07 Å². The second kappa shape index (κ2) is 2.58. The molecule has 0 saturated heterocycles. The van der Waals surface area contributed by atoms with Gasteiger partial charge in [-0.05, 0) is 28.1 Å². The average molecular weight is 208 g/mol. The van der Waals surface area contributed by atoms with Crippen LogP contribution >= 0.6 is 15.9 Å². The highest BCUT2D eigenvalue weighted by atomic mass is 79.9. The summed E-state index contributed by atoms with van der Waals surface area (Å²) in [5.74, 6) is 0. The molecule has 11 heavy (non-hydrogen) atoms. The Hall–Kier alpha value is -0.960. The van der Waals surface area contributed by atoms with Crippen LogP contribution in [0.2, 0.25) is 0 Å². The van der Waals surface area contributed by atoms with E-state index in [0.29, 0.717) is 0 Å². The fraction of sp³-hybridized carbons (Fsp3) is 0. The summed E-state index contributed by atoms with van der Waals surface area (Å²) in [5.41, 5.74) is 0.756. The summed E-state index contributed by atoms with van der Waals surface area (Å²) in [6.07, 6.45) is 3.35. The Morgan fingerprint density at radius 1 is 1.36 bits per heavy atom. The van der Waals surface area contributed by atoms with E-state index in [-0.39, 0.29) is 0 Å². The van der Waals surface area contributed by atoms with Crippen molar-refractivity contribution in [3.8, 4) is 0 Å². The number of rotatable bonds is 0. The molecule has 2 rings (SSSR count). The van der Waals surface area contributed by atoms with Gasteiger partial charge in [0.1, 0.15) is 0 Å². The fourth-order valence-corrected chi connectivity index (χ4v) is 1.24. The first-order chi connectivity index (χ1) is 5.36. The summed E-state index contributed by atoms with van der Waals surface area (Å²) in [5, 5.41) is 1.00. The van der Waals surface area contributed by atoms with Gasteiger partial charge < -0.3 is 0 Å². The Kier molecular flexibility index (Phi) is 1.58. The molecule has 0 atom stereocenters. The van der Waals surface area contributed by atoms with Crippen molar-refractivity contribution in [2.75, 3.05) is 0 Å². The first-order valence-corrected chi connectivity index (χ1v) is 3.93. The molecule has 0 aliphatic rings. The normalized spacial score (nSPS) is 10.3. The molecule has 0 aliphatic heterocycles. The van der Waals surface area contributed by atoms with Gasteiger partial charge in [0.05, 0.1) is 0 Å². The van der Waals surface area contributed by atoms with Crippen molar-refractivity contribution in [1.82, 2.24) is 9.97 Å². The van der Waals surface area contributed by atoms with Gasteiger partial charge >= 0.3 is 0 Å². The van der Waals surface area contributed by atoms with E-state index >= 15 is 0 Å². The number of hydrogen-bond acceptors (Lipinski definition) is 2. The van der Waals surface area contributed by atoms with Crippen LogP contribution < -0.4 is 0 Å². The van der Waals surface area contributed by atoms with E-state index in [1.165, 1.54) is 0 Å². The minimum absolute atomic E-state index is 0.756. The standard InChI is InChI=1S/C8H4BrN2/c9-7-4-6-2-1-3-10-8(6)11-5-7/h2-5H. The maximum atomic E-state index is 4.10. The second-order valence-electron chi connectivity index (χ2n) is 2.14. The van der Waals surface area contributed by atoms with Crippen LogP contribution in [0.15, 0.2) is 29.0 Å². The van der Waals surface area contributed by atoms with Crippen LogP contribution in [0.1, 0.15) is 0 Å². The van der Waals surface area contributed by atoms with Gasteiger partial charge in [-0.3, -0.25) is 0 Å². The Bertz CT molecular complexity index is 387. The Labute approximate surface area is 72.4 Å². The van der Waals surface area contributed by atoms with E-state index in [1.807, 2.05) is 12.1 Å². The van der Waals surface area contributed by atoms with Crippen LogP contribution in [-0.2, 0) is 0 Å². The zero-order valence-electron chi connectivity index (χ0n) is 5.58. The quantitative estimate of drug-likeness (QED) is 0.663. The van der Waals surface area contributed by atoms with Gasteiger partial charge in [0.15, 0.2) is 5.65 Å². The van der Waals surface area contributed by atoms with Crippen molar-refractivity contribution in [2.45, 2.75) is 0 Å². The summed E-state index contributed by atoms with van der Waals surface area (Å²) < 4.78 is 0.964. The Morgan fingerprint density at radius 3 is 3.18 bits per heavy atom. The van der Waals surface area contributed by atoms with E-state index < -0.39 is 0 Å². The molecule has 0 spiro atoms. The molecular formula is C8H4BrN2. The molecule has 2 aromatic heterocycles. The van der Waals surface area contributed by atoms with Gasteiger partial charge in [0.25, 0.3) is 0 Å². The van der Waals surface area contributed by atoms with Gasteiger partial charge in [-0.25, -0.2) is 9.97 Å². The first-order valence-electron chi connectivity index (χ1n) is 3.13. The van der Waals surface area contributed by atoms with Gasteiger partial charge in [-0.2, -0.15) is 0 Å². The maximum absolute atomic E-state index is 4.10. The molecule has 2 heterocycles. The second-order valence-corrected chi connectivity index (χ2v) is 3.05. The molecule has 1 radical (unpaired) electrons. The zero-order chi connectivity index (χ0) is 7.68. The number of pyridine rings is 2. The molecule has 0 aliphatic carbocycles. The lowest BCUT2D eigenvalue weighted by atomic mass is 10.3. The molecular weight excluding hydrogens is 204 g/mol. The van der Waals surface area contributed by atoms with E-state index in [1.54, 1.807) is 12.4 Å². The molecule has 2 nitrogen and oxygen atoms in total. The largest absolute Gasteiger partial charge is 0.236 e. The highest BCUT2D eigenvalue weighted by molar-refractivity contribution is 9.10. The van der Waals surface area contributed by atoms with Crippen molar-refractivity contribution >= 4 is 27.0 Å². The Morgan fingerprint density at radius 2 is 2.27 bits per heavy atom. The van der Waals surface area contributed by atoms with E-state index in [4.69, 9.17) is 0 Å². The smallest absolute Gasteiger partial charge is 0.159 e. The van der Waals surface area contributed by atoms with Crippen LogP contribution in [0.5, 0.6) is 0 Å². The third-order valence-electron chi connectivity index (χ3n) is 1.36. The van der Waals surface area contributed by atoms with E-state index in [2.05, 4.69) is 32.0 Å². The van der Waals surface area contributed by atoms with Gasteiger partial charge in [-0.1, -0.05) is 0 Å². The number of hydrogen-bond donors (Lipinski definition) is 0. The number of aromatic nitrogens is 2. The highest BCUT2D eigenvalue weighted by Gasteiger charge is 1.93. The molecule has 53 valence electrons. The summed E-state index contributed by atoms with van der Waals surface area (Å²) in [6, 6.07) is 6.72. The lowest BCUT2D eigenvalue weighted by Gasteiger charge is -1.93. The lowest BCUT2D eigenvalue weighted by molar-refractivity contribution is 1.27. The predicted molar refractivity (Wildman–Crippen MR) is 46.1 cm³/mol. The summed E-state index contributed by atoms with van der Waals surface area (Å²) >= 11 is 3.33. The summed E-state index contributed by atoms with van der Waals surface area (Å²) in [4.78, 5) is 8.14. The van der Waals surface area contributed by atoms with E-state index in [9.17, 15) is 0 Å². The number of nitrogens with zero attached hydrogens (tertiary/aromatic N) is 2. The molecule has 3 heteroatoms. The van der Waals surface area contributed by atoms with Crippen molar-refractivity contribution in [2.24, 2.45) is 0 Å².